The van der Waals surface area contributed by atoms with E-state index in [1.165, 1.54) is 5.56 Å². The summed E-state index contributed by atoms with van der Waals surface area (Å²) in [5.41, 5.74) is 14.4. The Balaban J connectivity index is 2.06. The third-order valence-electron chi connectivity index (χ3n) is 3.30. The molecule has 4 N–H and O–H groups in total. The zero-order chi connectivity index (χ0) is 14.5. The van der Waals surface area contributed by atoms with E-state index < -0.39 is 5.91 Å². The molecule has 4 heteroatoms. The van der Waals surface area contributed by atoms with Crippen molar-refractivity contribution in [2.75, 3.05) is 24.2 Å². The van der Waals surface area contributed by atoms with Crippen LogP contribution < -0.4 is 16.4 Å². The summed E-state index contributed by atoms with van der Waals surface area (Å²) >= 11 is 0. The summed E-state index contributed by atoms with van der Waals surface area (Å²) in [7, 11) is 1.98. The minimum atomic E-state index is -0.463. The number of carbonyl (C=O) groups is 1. The van der Waals surface area contributed by atoms with Crippen LogP contribution in [0.25, 0.3) is 0 Å². The van der Waals surface area contributed by atoms with Gasteiger partial charge in [-0.15, -0.1) is 0 Å². The van der Waals surface area contributed by atoms with Gasteiger partial charge in [-0.1, -0.05) is 30.3 Å². The van der Waals surface area contributed by atoms with Crippen molar-refractivity contribution in [1.29, 1.82) is 0 Å². The number of primary amides is 1. The quantitative estimate of drug-likeness (QED) is 0.816. The Kier molecular flexibility index (Phi) is 4.25. The van der Waals surface area contributed by atoms with Gasteiger partial charge in [0, 0.05) is 19.2 Å². The molecule has 0 aromatic heterocycles. The number of rotatable bonds is 5. The summed E-state index contributed by atoms with van der Waals surface area (Å²) in [5.74, 6) is -0.463. The van der Waals surface area contributed by atoms with Gasteiger partial charge in [0.1, 0.15) is 0 Å². The van der Waals surface area contributed by atoms with Gasteiger partial charge in [-0.3, -0.25) is 4.79 Å². The van der Waals surface area contributed by atoms with E-state index in [-0.39, 0.29) is 0 Å². The summed E-state index contributed by atoms with van der Waals surface area (Å²) in [6.07, 6.45) is 0.939. The SMILES string of the molecule is CN(CCc1ccccc1)c1ccc(C(N)=O)cc1N. The average Bonchev–Trinajstić information content (AvgIpc) is 2.45. The summed E-state index contributed by atoms with van der Waals surface area (Å²) in [6, 6.07) is 15.4. The van der Waals surface area contributed by atoms with Crippen LogP contribution in [0, 0.1) is 0 Å². The summed E-state index contributed by atoms with van der Waals surface area (Å²) in [5, 5.41) is 0. The molecule has 0 aliphatic heterocycles. The van der Waals surface area contributed by atoms with E-state index in [2.05, 4.69) is 17.0 Å². The van der Waals surface area contributed by atoms with E-state index in [0.29, 0.717) is 11.3 Å². The van der Waals surface area contributed by atoms with Crippen LogP contribution in [0.3, 0.4) is 0 Å². The number of likely N-dealkylation sites (N-methyl/N-ethyl adjacent to an activating group) is 1. The smallest absolute Gasteiger partial charge is 0.248 e. The lowest BCUT2D eigenvalue weighted by atomic mass is 10.1. The molecule has 1 amide bonds. The highest BCUT2D eigenvalue weighted by Gasteiger charge is 2.08. The summed E-state index contributed by atoms with van der Waals surface area (Å²) < 4.78 is 0. The molecular weight excluding hydrogens is 250 g/mol. The van der Waals surface area contributed by atoms with E-state index in [1.54, 1.807) is 12.1 Å². The van der Waals surface area contributed by atoms with Crippen molar-refractivity contribution in [3.05, 3.63) is 59.7 Å². The summed E-state index contributed by atoms with van der Waals surface area (Å²) in [4.78, 5) is 13.2. The molecule has 0 aliphatic rings. The fraction of sp³-hybridized carbons (Fsp3) is 0.188. The van der Waals surface area contributed by atoms with Gasteiger partial charge in [-0.2, -0.15) is 0 Å². The van der Waals surface area contributed by atoms with Crippen molar-refractivity contribution in [3.8, 4) is 0 Å². The number of hydrogen-bond acceptors (Lipinski definition) is 3. The molecule has 2 aromatic carbocycles. The van der Waals surface area contributed by atoms with Gasteiger partial charge in [0.25, 0.3) is 0 Å². The third kappa shape index (κ3) is 3.29. The Labute approximate surface area is 119 Å². The number of nitrogens with two attached hydrogens (primary N) is 2. The highest BCUT2D eigenvalue weighted by atomic mass is 16.1. The largest absolute Gasteiger partial charge is 0.397 e. The maximum absolute atomic E-state index is 11.1. The first-order valence-corrected chi connectivity index (χ1v) is 6.52. The fourth-order valence-corrected chi connectivity index (χ4v) is 2.12. The van der Waals surface area contributed by atoms with Crippen molar-refractivity contribution >= 4 is 17.3 Å². The molecular formula is C16H19N3O. The first-order valence-electron chi connectivity index (χ1n) is 6.52. The molecule has 2 aromatic rings. The van der Waals surface area contributed by atoms with Gasteiger partial charge >= 0.3 is 0 Å². The Morgan fingerprint density at radius 1 is 1.15 bits per heavy atom. The van der Waals surface area contributed by atoms with Crippen molar-refractivity contribution in [3.63, 3.8) is 0 Å². The third-order valence-corrected chi connectivity index (χ3v) is 3.30. The average molecular weight is 269 g/mol. The first kappa shape index (κ1) is 13.9. The Bertz CT molecular complexity index is 596. The van der Waals surface area contributed by atoms with Gasteiger partial charge in [-0.05, 0) is 30.2 Å². The molecule has 4 nitrogen and oxygen atoms in total. The topological polar surface area (TPSA) is 72.3 Å². The fourth-order valence-electron chi connectivity index (χ4n) is 2.12. The second-order valence-electron chi connectivity index (χ2n) is 4.79. The van der Waals surface area contributed by atoms with Crippen LogP contribution in [0.5, 0.6) is 0 Å². The molecule has 0 saturated heterocycles. The molecule has 0 fully saturated rings. The second kappa shape index (κ2) is 6.10. The van der Waals surface area contributed by atoms with Crippen molar-refractivity contribution in [2.45, 2.75) is 6.42 Å². The molecule has 0 aliphatic carbocycles. The summed E-state index contributed by atoms with van der Waals surface area (Å²) in [6.45, 7) is 0.851. The lowest BCUT2D eigenvalue weighted by molar-refractivity contribution is 0.100. The highest BCUT2D eigenvalue weighted by Crippen LogP contribution is 2.23. The normalized spacial score (nSPS) is 10.2. The molecule has 0 heterocycles. The predicted molar refractivity (Wildman–Crippen MR) is 82.8 cm³/mol. The number of anilines is 2. The minimum absolute atomic E-state index is 0.433. The molecule has 0 saturated carbocycles. The monoisotopic (exact) mass is 269 g/mol. The van der Waals surface area contributed by atoms with Crippen LogP contribution in [0.15, 0.2) is 48.5 Å². The minimum Gasteiger partial charge on any atom is -0.397 e. The zero-order valence-electron chi connectivity index (χ0n) is 11.5. The van der Waals surface area contributed by atoms with Crippen LogP contribution >= 0.6 is 0 Å². The number of nitrogen functional groups attached to an aromatic ring is 1. The van der Waals surface area contributed by atoms with E-state index >= 15 is 0 Å². The van der Waals surface area contributed by atoms with Gasteiger partial charge < -0.3 is 16.4 Å². The zero-order valence-corrected chi connectivity index (χ0v) is 11.5. The number of benzene rings is 2. The second-order valence-corrected chi connectivity index (χ2v) is 4.79. The van der Waals surface area contributed by atoms with Crippen LogP contribution in [0.4, 0.5) is 11.4 Å². The van der Waals surface area contributed by atoms with Crippen LogP contribution in [0.1, 0.15) is 15.9 Å². The highest BCUT2D eigenvalue weighted by molar-refractivity contribution is 5.94. The van der Waals surface area contributed by atoms with Crippen molar-refractivity contribution < 1.29 is 4.79 Å². The maximum Gasteiger partial charge on any atom is 0.248 e. The molecule has 0 bridgehead atoms. The van der Waals surface area contributed by atoms with E-state index in [1.807, 2.05) is 31.3 Å². The van der Waals surface area contributed by atoms with Gasteiger partial charge in [0.05, 0.1) is 11.4 Å². The van der Waals surface area contributed by atoms with E-state index in [9.17, 15) is 4.79 Å². The van der Waals surface area contributed by atoms with Crippen LogP contribution in [-0.4, -0.2) is 19.5 Å². The van der Waals surface area contributed by atoms with E-state index in [0.717, 1.165) is 18.7 Å². The number of hydrogen-bond donors (Lipinski definition) is 2. The molecule has 0 radical (unpaired) electrons. The molecule has 0 atom stereocenters. The lowest BCUT2D eigenvalue weighted by Crippen LogP contribution is -2.22. The lowest BCUT2D eigenvalue weighted by Gasteiger charge is -2.21. The Morgan fingerprint density at radius 3 is 2.45 bits per heavy atom. The van der Waals surface area contributed by atoms with E-state index in [4.69, 9.17) is 11.5 Å². The molecule has 20 heavy (non-hydrogen) atoms. The Hall–Kier alpha value is -2.49. The number of carbonyl (C=O) groups excluding carboxylic acids is 1. The van der Waals surface area contributed by atoms with Crippen molar-refractivity contribution in [2.24, 2.45) is 5.73 Å². The number of nitrogens with zero attached hydrogens (tertiary/aromatic N) is 1. The predicted octanol–water partition coefficient (Wildman–Crippen LogP) is 2.05. The van der Waals surface area contributed by atoms with Gasteiger partial charge in [0.2, 0.25) is 5.91 Å². The molecule has 104 valence electrons. The van der Waals surface area contributed by atoms with Crippen molar-refractivity contribution in [1.82, 2.24) is 0 Å². The number of amides is 1. The molecule has 0 unspecified atom stereocenters. The Morgan fingerprint density at radius 2 is 1.85 bits per heavy atom. The standard InChI is InChI=1S/C16H19N3O/c1-19(10-9-12-5-3-2-4-6-12)15-8-7-13(16(18)20)11-14(15)17/h2-8,11H,9-10,17H2,1H3,(H2,18,20). The first-order chi connectivity index (χ1) is 9.58. The van der Waals surface area contributed by atoms with Gasteiger partial charge in [0.15, 0.2) is 0 Å². The molecule has 0 spiro atoms. The van der Waals surface area contributed by atoms with Crippen LogP contribution in [-0.2, 0) is 6.42 Å². The maximum atomic E-state index is 11.1. The van der Waals surface area contributed by atoms with Gasteiger partial charge in [-0.25, -0.2) is 0 Å². The van der Waals surface area contributed by atoms with Crippen LogP contribution in [0.2, 0.25) is 0 Å². The molecule has 2 rings (SSSR count).